The van der Waals surface area contributed by atoms with Crippen molar-refractivity contribution in [2.45, 2.75) is 19.6 Å². The molecule has 2 heterocycles. The number of benzene rings is 1. The van der Waals surface area contributed by atoms with Crippen molar-refractivity contribution in [2.75, 3.05) is 0 Å². The molecular formula is C14H12N2O5. The molecule has 0 saturated heterocycles. The van der Waals surface area contributed by atoms with E-state index in [1.807, 2.05) is 0 Å². The zero-order valence-corrected chi connectivity index (χ0v) is 11.4. The van der Waals surface area contributed by atoms with E-state index < -0.39 is 10.7 Å². The molecule has 1 aromatic heterocycles. The van der Waals surface area contributed by atoms with Crippen LogP contribution in [0.5, 0.6) is 23.1 Å². The van der Waals surface area contributed by atoms with Crippen LogP contribution in [0.25, 0.3) is 0 Å². The van der Waals surface area contributed by atoms with Crippen molar-refractivity contribution in [3.8, 4) is 23.1 Å². The van der Waals surface area contributed by atoms with Gasteiger partial charge in [0.1, 0.15) is 0 Å². The molecule has 0 unspecified atom stereocenters. The SMILES string of the molecule is CC1(C)Oc2cccc(Oc3ncccc3[N+](=O)[O-])c2O1. The van der Waals surface area contributed by atoms with E-state index in [4.69, 9.17) is 14.2 Å². The minimum absolute atomic E-state index is 0.0933. The second-order valence-electron chi connectivity index (χ2n) is 4.87. The average Bonchev–Trinajstić information content (AvgIpc) is 2.74. The van der Waals surface area contributed by atoms with Crippen LogP contribution in [0.15, 0.2) is 36.5 Å². The highest BCUT2D eigenvalue weighted by atomic mass is 16.7. The Labute approximate surface area is 120 Å². The Morgan fingerprint density at radius 2 is 2.05 bits per heavy atom. The molecule has 0 saturated carbocycles. The molecule has 2 aromatic rings. The summed E-state index contributed by atoms with van der Waals surface area (Å²) in [6.45, 7) is 3.53. The van der Waals surface area contributed by atoms with Gasteiger partial charge in [-0.1, -0.05) is 6.07 Å². The maximum atomic E-state index is 11.0. The second-order valence-corrected chi connectivity index (χ2v) is 4.87. The van der Waals surface area contributed by atoms with Crippen molar-refractivity contribution in [2.24, 2.45) is 0 Å². The lowest BCUT2D eigenvalue weighted by atomic mass is 10.3. The van der Waals surface area contributed by atoms with Gasteiger partial charge in [0, 0.05) is 26.1 Å². The van der Waals surface area contributed by atoms with Gasteiger partial charge in [-0.2, -0.15) is 0 Å². The molecule has 0 atom stereocenters. The summed E-state index contributed by atoms with van der Waals surface area (Å²) in [4.78, 5) is 14.3. The van der Waals surface area contributed by atoms with Crippen LogP contribution in [0.3, 0.4) is 0 Å². The first-order chi connectivity index (χ1) is 9.96. The van der Waals surface area contributed by atoms with Crippen LogP contribution in [0.1, 0.15) is 13.8 Å². The average molecular weight is 288 g/mol. The first-order valence-electron chi connectivity index (χ1n) is 6.24. The van der Waals surface area contributed by atoms with E-state index in [-0.39, 0.29) is 11.6 Å². The van der Waals surface area contributed by atoms with E-state index in [9.17, 15) is 10.1 Å². The van der Waals surface area contributed by atoms with Crippen molar-refractivity contribution in [1.82, 2.24) is 4.98 Å². The lowest BCUT2D eigenvalue weighted by Crippen LogP contribution is -2.29. The van der Waals surface area contributed by atoms with Crippen molar-refractivity contribution in [3.05, 3.63) is 46.6 Å². The summed E-state index contributed by atoms with van der Waals surface area (Å²) < 4.78 is 16.8. The van der Waals surface area contributed by atoms with Crippen LogP contribution in [-0.2, 0) is 0 Å². The number of fused-ring (bicyclic) bond motifs is 1. The van der Waals surface area contributed by atoms with Crippen LogP contribution >= 0.6 is 0 Å². The lowest BCUT2D eigenvalue weighted by molar-refractivity contribution is -0.386. The van der Waals surface area contributed by atoms with Gasteiger partial charge in [0.2, 0.25) is 11.5 Å². The standard InChI is InChI=1S/C14H12N2O5/c1-14(2)20-11-7-3-6-10(12(11)21-14)19-13-9(16(17)18)5-4-8-15-13/h3-8H,1-2H3. The highest BCUT2D eigenvalue weighted by molar-refractivity contribution is 5.55. The van der Waals surface area contributed by atoms with Gasteiger partial charge < -0.3 is 14.2 Å². The molecule has 0 aliphatic carbocycles. The number of para-hydroxylation sites is 1. The summed E-state index contributed by atoms with van der Waals surface area (Å²) in [6, 6.07) is 7.90. The molecule has 1 aliphatic heterocycles. The third kappa shape index (κ3) is 2.45. The molecule has 0 N–H and O–H groups in total. The Morgan fingerprint density at radius 3 is 2.81 bits per heavy atom. The topological polar surface area (TPSA) is 83.7 Å². The van der Waals surface area contributed by atoms with Crippen LogP contribution in [-0.4, -0.2) is 15.7 Å². The number of nitrogens with zero attached hydrogens (tertiary/aromatic N) is 2. The first-order valence-corrected chi connectivity index (χ1v) is 6.24. The first kappa shape index (κ1) is 13.2. The molecule has 108 valence electrons. The lowest BCUT2D eigenvalue weighted by Gasteiger charge is -2.16. The predicted molar refractivity (Wildman–Crippen MR) is 72.7 cm³/mol. The van der Waals surface area contributed by atoms with E-state index >= 15 is 0 Å². The maximum Gasteiger partial charge on any atom is 0.331 e. The summed E-state index contributed by atoms with van der Waals surface area (Å²) >= 11 is 0. The van der Waals surface area contributed by atoms with Gasteiger partial charge in [-0.3, -0.25) is 10.1 Å². The van der Waals surface area contributed by atoms with Gasteiger partial charge in [-0.15, -0.1) is 0 Å². The van der Waals surface area contributed by atoms with E-state index in [1.165, 1.54) is 18.3 Å². The van der Waals surface area contributed by atoms with Crippen LogP contribution < -0.4 is 14.2 Å². The molecule has 0 fully saturated rings. The number of hydrogen-bond acceptors (Lipinski definition) is 6. The van der Waals surface area contributed by atoms with E-state index in [1.54, 1.807) is 32.0 Å². The van der Waals surface area contributed by atoms with Gasteiger partial charge in [0.05, 0.1) is 4.92 Å². The molecule has 1 aliphatic rings. The van der Waals surface area contributed by atoms with Crippen molar-refractivity contribution in [3.63, 3.8) is 0 Å². The molecule has 0 spiro atoms. The third-order valence-electron chi connectivity index (χ3n) is 2.80. The molecule has 21 heavy (non-hydrogen) atoms. The fourth-order valence-electron chi connectivity index (χ4n) is 1.99. The molecule has 0 radical (unpaired) electrons. The normalized spacial score (nSPS) is 14.8. The number of rotatable bonds is 3. The van der Waals surface area contributed by atoms with Gasteiger partial charge in [-0.25, -0.2) is 4.98 Å². The Bertz CT molecular complexity index is 714. The third-order valence-corrected chi connectivity index (χ3v) is 2.80. The summed E-state index contributed by atoms with van der Waals surface area (Å²) in [5, 5.41) is 11.0. The van der Waals surface area contributed by atoms with E-state index in [0.717, 1.165) is 0 Å². The monoisotopic (exact) mass is 288 g/mol. The zero-order chi connectivity index (χ0) is 15.0. The molecule has 7 heteroatoms. The van der Waals surface area contributed by atoms with Crippen LogP contribution in [0, 0.1) is 10.1 Å². The van der Waals surface area contributed by atoms with Crippen molar-refractivity contribution in [1.29, 1.82) is 0 Å². The largest absolute Gasteiger partial charge is 0.449 e. The van der Waals surface area contributed by atoms with Gasteiger partial charge in [0.15, 0.2) is 11.5 Å². The Hall–Kier alpha value is -2.83. The van der Waals surface area contributed by atoms with Gasteiger partial charge in [0.25, 0.3) is 5.88 Å². The van der Waals surface area contributed by atoms with Gasteiger partial charge >= 0.3 is 5.69 Å². The fourth-order valence-corrected chi connectivity index (χ4v) is 1.99. The fraction of sp³-hybridized carbons (Fsp3) is 0.214. The minimum atomic E-state index is -0.808. The number of hydrogen-bond donors (Lipinski definition) is 0. The highest BCUT2D eigenvalue weighted by Crippen LogP contribution is 2.47. The Balaban J connectivity index is 1.98. The Kier molecular flexibility index (Phi) is 2.90. The number of aromatic nitrogens is 1. The molecule has 3 rings (SSSR count). The van der Waals surface area contributed by atoms with Gasteiger partial charge in [-0.05, 0) is 18.2 Å². The molecule has 0 bridgehead atoms. The summed E-state index contributed by atoms with van der Waals surface area (Å²) in [5.74, 6) is 0.348. The maximum absolute atomic E-state index is 11.0. The summed E-state index contributed by atoms with van der Waals surface area (Å²) in [6.07, 6.45) is 1.42. The predicted octanol–water partition coefficient (Wildman–Crippen LogP) is 3.29. The van der Waals surface area contributed by atoms with E-state index in [2.05, 4.69) is 4.98 Å². The van der Waals surface area contributed by atoms with Crippen molar-refractivity contribution >= 4 is 5.69 Å². The number of ether oxygens (including phenoxy) is 3. The minimum Gasteiger partial charge on any atom is -0.449 e. The quantitative estimate of drug-likeness (QED) is 0.636. The number of pyridine rings is 1. The summed E-state index contributed by atoms with van der Waals surface area (Å²) in [5.41, 5.74) is -0.215. The van der Waals surface area contributed by atoms with Crippen LogP contribution in [0.4, 0.5) is 5.69 Å². The highest BCUT2D eigenvalue weighted by Gasteiger charge is 2.34. The van der Waals surface area contributed by atoms with Crippen LogP contribution in [0.2, 0.25) is 0 Å². The van der Waals surface area contributed by atoms with Crippen molar-refractivity contribution < 1.29 is 19.1 Å². The molecule has 7 nitrogen and oxygen atoms in total. The van der Waals surface area contributed by atoms with E-state index in [0.29, 0.717) is 17.2 Å². The second kappa shape index (κ2) is 4.62. The zero-order valence-electron chi connectivity index (χ0n) is 11.4. The Morgan fingerprint density at radius 1 is 1.24 bits per heavy atom. The molecule has 1 aromatic carbocycles. The number of nitro groups is 1. The molecular weight excluding hydrogens is 276 g/mol. The summed E-state index contributed by atoms with van der Waals surface area (Å²) in [7, 11) is 0. The smallest absolute Gasteiger partial charge is 0.331 e. The molecule has 0 amide bonds.